The molecule has 0 amide bonds. The van der Waals surface area contributed by atoms with E-state index in [2.05, 4.69) is 18.2 Å². The zero-order valence-corrected chi connectivity index (χ0v) is 20.7. The first-order chi connectivity index (χ1) is 16.4. The van der Waals surface area contributed by atoms with Crippen LogP contribution in [-0.4, -0.2) is 32.2 Å². The number of sulfone groups is 1. The number of aliphatic hydroxyl groups excluding tert-OH is 1. The van der Waals surface area contributed by atoms with E-state index >= 15 is 0 Å². The first-order valence-corrected chi connectivity index (χ1v) is 14.3. The predicted molar refractivity (Wildman–Crippen MR) is 136 cm³/mol. The molecule has 0 unspecified atom stereocenters. The van der Waals surface area contributed by atoms with Crippen LogP contribution < -0.4 is 0 Å². The molecule has 5 heteroatoms. The van der Waals surface area contributed by atoms with Gasteiger partial charge in [0.25, 0.3) is 0 Å². The van der Waals surface area contributed by atoms with Gasteiger partial charge >= 0.3 is 0 Å². The molecule has 1 aliphatic heterocycles. The molecule has 4 nitrogen and oxygen atoms in total. The number of hydrogen-bond acceptors (Lipinski definition) is 4. The summed E-state index contributed by atoms with van der Waals surface area (Å²) < 4.78 is 26.2. The molecule has 3 aliphatic rings. The van der Waals surface area contributed by atoms with Gasteiger partial charge in [0.1, 0.15) is 6.29 Å². The largest absolute Gasteiger partial charge is 0.395 e. The molecule has 2 aliphatic carbocycles. The summed E-state index contributed by atoms with van der Waals surface area (Å²) >= 11 is 0. The molecule has 2 fully saturated rings. The van der Waals surface area contributed by atoms with Crippen molar-refractivity contribution in [3.63, 3.8) is 0 Å². The van der Waals surface area contributed by atoms with Gasteiger partial charge in [0, 0.05) is 16.4 Å². The lowest BCUT2D eigenvalue weighted by molar-refractivity contribution is -0.120. The van der Waals surface area contributed by atoms with E-state index in [4.69, 9.17) is 5.11 Å². The summed E-state index contributed by atoms with van der Waals surface area (Å²) in [6, 6.07) is 17.7. The summed E-state index contributed by atoms with van der Waals surface area (Å²) in [5.74, 6) is 0.243. The van der Waals surface area contributed by atoms with Gasteiger partial charge in [-0.15, -0.1) is 0 Å². The molecule has 2 aromatic rings. The lowest BCUT2D eigenvalue weighted by atomic mass is 9.73. The van der Waals surface area contributed by atoms with Crippen molar-refractivity contribution >= 4 is 21.7 Å². The van der Waals surface area contributed by atoms with Gasteiger partial charge in [-0.25, -0.2) is 8.42 Å². The van der Waals surface area contributed by atoms with E-state index in [0.717, 1.165) is 74.4 Å². The minimum absolute atomic E-state index is 0.0382. The van der Waals surface area contributed by atoms with Gasteiger partial charge < -0.3 is 9.90 Å². The van der Waals surface area contributed by atoms with Gasteiger partial charge in [-0.05, 0) is 42.9 Å². The molecule has 34 heavy (non-hydrogen) atoms. The predicted octanol–water partition coefficient (Wildman–Crippen LogP) is 5.98. The van der Waals surface area contributed by atoms with Gasteiger partial charge in [0.2, 0.25) is 0 Å². The Morgan fingerprint density at radius 3 is 1.97 bits per heavy atom. The standard InChI is InChI=1S/C21H22O2S.C8H14O2/c22-24(23)16-21(13-7-2-8-14-21)15-19(17-9-3-1-4-10-17)18-11-5-6-12-20(18)24;9-6-8(7-10)4-2-1-3-5-8/h1,3-6,9-12,15H,2,7-8,13-14,16H2;6,10H,1-5,7H2. The zero-order valence-electron chi connectivity index (χ0n) is 19.9. The molecular formula is C29H36O4S. The fourth-order valence-electron chi connectivity index (χ4n) is 5.81. The summed E-state index contributed by atoms with van der Waals surface area (Å²) in [6.07, 6.45) is 13.8. The maximum atomic E-state index is 13.1. The zero-order chi connectivity index (χ0) is 24.1. The third-order valence-corrected chi connectivity index (χ3v) is 9.77. The van der Waals surface area contributed by atoms with Crippen LogP contribution in [0, 0.1) is 10.8 Å². The first-order valence-electron chi connectivity index (χ1n) is 12.6. The Balaban J connectivity index is 0.000000231. The normalized spacial score (nSPS) is 22.3. The number of carbonyl (C=O) groups is 1. The second-order valence-corrected chi connectivity index (χ2v) is 12.3. The number of rotatable bonds is 3. The van der Waals surface area contributed by atoms with Crippen molar-refractivity contribution in [3.8, 4) is 0 Å². The molecule has 1 N–H and O–H groups in total. The highest BCUT2D eigenvalue weighted by Crippen LogP contribution is 2.46. The highest BCUT2D eigenvalue weighted by atomic mass is 32.2. The van der Waals surface area contributed by atoms with Gasteiger partial charge in [0.05, 0.1) is 17.3 Å². The molecule has 1 spiro atoms. The van der Waals surface area contributed by atoms with Crippen LogP contribution in [0.5, 0.6) is 0 Å². The third-order valence-electron chi connectivity index (χ3n) is 7.79. The Morgan fingerprint density at radius 2 is 1.38 bits per heavy atom. The average molecular weight is 481 g/mol. The summed E-state index contributed by atoms with van der Waals surface area (Å²) in [4.78, 5) is 11.0. The highest BCUT2D eigenvalue weighted by molar-refractivity contribution is 7.91. The molecule has 0 atom stereocenters. The van der Waals surface area contributed by atoms with Crippen LogP contribution in [0.15, 0.2) is 65.6 Å². The molecule has 2 aromatic carbocycles. The van der Waals surface area contributed by atoms with Crippen molar-refractivity contribution < 1.29 is 18.3 Å². The Hall–Kier alpha value is -2.24. The number of aliphatic hydroxyl groups is 1. The van der Waals surface area contributed by atoms with Crippen molar-refractivity contribution in [3.05, 3.63) is 71.8 Å². The van der Waals surface area contributed by atoms with E-state index in [0.29, 0.717) is 4.90 Å². The van der Waals surface area contributed by atoms with Crippen molar-refractivity contribution in [2.24, 2.45) is 10.8 Å². The van der Waals surface area contributed by atoms with Gasteiger partial charge in [-0.1, -0.05) is 93.1 Å². The van der Waals surface area contributed by atoms with E-state index in [1.807, 2.05) is 36.4 Å². The van der Waals surface area contributed by atoms with Crippen molar-refractivity contribution in [1.29, 1.82) is 0 Å². The fraction of sp³-hybridized carbons (Fsp3) is 0.483. The third kappa shape index (κ3) is 5.36. The Labute approximate surface area is 204 Å². The summed E-state index contributed by atoms with van der Waals surface area (Å²) in [7, 11) is -3.28. The van der Waals surface area contributed by atoms with E-state index in [9.17, 15) is 13.2 Å². The number of allylic oxidation sites excluding steroid dienone is 1. The SMILES string of the molecule is O=CC1(CO)CCCCC1.O=S1(=O)CC2(C=C(c3ccccc3)c3ccccc31)CCCCC2. The minimum Gasteiger partial charge on any atom is -0.395 e. The second kappa shape index (κ2) is 10.6. The molecule has 2 saturated carbocycles. The lowest BCUT2D eigenvalue weighted by Gasteiger charge is -2.34. The summed E-state index contributed by atoms with van der Waals surface area (Å²) in [5, 5.41) is 8.91. The maximum absolute atomic E-state index is 13.1. The lowest BCUT2D eigenvalue weighted by Crippen LogP contribution is -2.30. The Kier molecular flexibility index (Phi) is 7.73. The number of aldehydes is 1. The Morgan fingerprint density at radius 1 is 0.794 bits per heavy atom. The number of fused-ring (bicyclic) bond motifs is 1. The first kappa shape index (κ1) is 24.9. The molecule has 5 rings (SSSR count). The molecule has 182 valence electrons. The quantitative estimate of drug-likeness (QED) is 0.548. The van der Waals surface area contributed by atoms with Crippen LogP contribution in [0.2, 0.25) is 0 Å². The summed E-state index contributed by atoms with van der Waals surface area (Å²) in [6.45, 7) is 0.0382. The molecular weight excluding hydrogens is 444 g/mol. The van der Waals surface area contributed by atoms with Gasteiger partial charge in [-0.2, -0.15) is 0 Å². The van der Waals surface area contributed by atoms with Gasteiger partial charge in [0.15, 0.2) is 9.84 Å². The fourth-order valence-corrected chi connectivity index (χ4v) is 7.90. The van der Waals surface area contributed by atoms with Crippen LogP contribution in [0.1, 0.15) is 75.3 Å². The summed E-state index contributed by atoms with van der Waals surface area (Å²) in [5.41, 5.74) is 2.45. The molecule has 0 radical (unpaired) electrons. The van der Waals surface area contributed by atoms with Crippen LogP contribution in [0.3, 0.4) is 0 Å². The molecule has 0 aromatic heterocycles. The average Bonchev–Trinajstić information content (AvgIpc) is 2.98. The van der Waals surface area contributed by atoms with Crippen molar-refractivity contribution in [2.75, 3.05) is 12.4 Å². The number of hydrogen-bond donors (Lipinski definition) is 1. The van der Waals surface area contributed by atoms with Gasteiger partial charge in [-0.3, -0.25) is 0 Å². The second-order valence-electron chi connectivity index (χ2n) is 10.3. The maximum Gasteiger partial charge on any atom is 0.179 e. The molecule has 0 saturated heterocycles. The van der Waals surface area contributed by atoms with Crippen LogP contribution >= 0.6 is 0 Å². The van der Waals surface area contributed by atoms with Crippen LogP contribution in [-0.2, 0) is 14.6 Å². The van der Waals surface area contributed by atoms with E-state index in [1.54, 1.807) is 6.07 Å². The topological polar surface area (TPSA) is 71.4 Å². The smallest absolute Gasteiger partial charge is 0.179 e. The minimum atomic E-state index is -3.28. The monoisotopic (exact) mass is 480 g/mol. The molecule has 0 bridgehead atoms. The van der Waals surface area contributed by atoms with E-state index < -0.39 is 9.84 Å². The Bertz CT molecular complexity index is 1110. The number of carbonyl (C=O) groups excluding carboxylic acids is 1. The highest BCUT2D eigenvalue weighted by Gasteiger charge is 2.39. The van der Waals surface area contributed by atoms with E-state index in [-0.39, 0.29) is 23.2 Å². The van der Waals surface area contributed by atoms with Crippen LogP contribution in [0.4, 0.5) is 0 Å². The van der Waals surface area contributed by atoms with E-state index in [1.165, 1.54) is 12.8 Å². The molecule has 1 heterocycles. The number of benzene rings is 2. The van der Waals surface area contributed by atoms with Crippen molar-refractivity contribution in [1.82, 2.24) is 0 Å². The van der Waals surface area contributed by atoms with Crippen LogP contribution in [0.25, 0.3) is 5.57 Å². The van der Waals surface area contributed by atoms with Crippen molar-refractivity contribution in [2.45, 2.75) is 69.1 Å².